The lowest BCUT2D eigenvalue weighted by molar-refractivity contribution is -0.137. The van der Waals surface area contributed by atoms with E-state index in [1.165, 1.54) is 14.1 Å². The Balaban J connectivity index is 2.73. The van der Waals surface area contributed by atoms with E-state index in [0.717, 1.165) is 21.5 Å². The van der Waals surface area contributed by atoms with E-state index in [2.05, 4.69) is 0 Å². The number of hydrogen-bond acceptors (Lipinski definition) is 3. The lowest BCUT2D eigenvalue weighted by Gasteiger charge is -2.23. The number of aliphatic carboxylic acids is 1. The predicted molar refractivity (Wildman–Crippen MR) is 54.5 cm³/mol. The van der Waals surface area contributed by atoms with Gasteiger partial charge >= 0.3 is 5.97 Å². The van der Waals surface area contributed by atoms with Crippen molar-refractivity contribution < 1.29 is 18.3 Å². The third-order valence-electron chi connectivity index (χ3n) is 2.26. The molecule has 1 N–H and O–H groups in total. The molecule has 0 saturated heterocycles. The van der Waals surface area contributed by atoms with Gasteiger partial charge in [0.05, 0.1) is 0 Å². The molecule has 15 heavy (non-hydrogen) atoms. The van der Waals surface area contributed by atoms with Gasteiger partial charge in [-0.1, -0.05) is 0 Å². The lowest BCUT2D eigenvalue weighted by atomic mass is 10.4. The van der Waals surface area contributed by atoms with Crippen molar-refractivity contribution in [2.75, 3.05) is 27.2 Å². The molecule has 0 unspecified atom stereocenters. The molecule has 1 rings (SSSR count). The summed E-state index contributed by atoms with van der Waals surface area (Å²) < 4.78 is 25.5. The maximum Gasteiger partial charge on any atom is 0.318 e. The van der Waals surface area contributed by atoms with Crippen LogP contribution in [0.15, 0.2) is 0 Å². The van der Waals surface area contributed by atoms with Crippen molar-refractivity contribution in [3.8, 4) is 0 Å². The van der Waals surface area contributed by atoms with E-state index >= 15 is 0 Å². The Morgan fingerprint density at radius 1 is 1.40 bits per heavy atom. The first-order valence-corrected chi connectivity index (χ1v) is 6.13. The average Bonchev–Trinajstić information content (AvgIpc) is 2.85. The Kier molecular flexibility index (Phi) is 3.69. The molecule has 0 aromatic carbocycles. The Bertz CT molecular complexity index is 335. The minimum atomic E-state index is -3.60. The van der Waals surface area contributed by atoms with Crippen molar-refractivity contribution in [3.63, 3.8) is 0 Å². The SMILES string of the molecule is CN(C)S(=O)(=O)N(CC(=O)O)CC1CC1. The summed E-state index contributed by atoms with van der Waals surface area (Å²) in [5.41, 5.74) is 0. The second-order valence-electron chi connectivity index (χ2n) is 3.92. The van der Waals surface area contributed by atoms with Crippen molar-refractivity contribution in [2.45, 2.75) is 12.8 Å². The normalized spacial score (nSPS) is 17.3. The van der Waals surface area contributed by atoms with E-state index in [0.29, 0.717) is 12.5 Å². The number of carboxylic acid groups (broad SMARTS) is 1. The lowest BCUT2D eigenvalue weighted by Crippen LogP contribution is -2.43. The van der Waals surface area contributed by atoms with Crippen molar-refractivity contribution in [1.82, 2.24) is 8.61 Å². The van der Waals surface area contributed by atoms with Crippen LogP contribution in [0.1, 0.15) is 12.8 Å². The molecule has 0 aromatic heterocycles. The fraction of sp³-hybridized carbons (Fsp3) is 0.875. The molecule has 1 fully saturated rings. The highest BCUT2D eigenvalue weighted by Crippen LogP contribution is 2.30. The van der Waals surface area contributed by atoms with Crippen LogP contribution >= 0.6 is 0 Å². The topological polar surface area (TPSA) is 77.9 Å². The maximum atomic E-state index is 11.7. The van der Waals surface area contributed by atoms with E-state index < -0.39 is 22.7 Å². The van der Waals surface area contributed by atoms with Crippen molar-refractivity contribution in [1.29, 1.82) is 0 Å². The highest BCUT2D eigenvalue weighted by atomic mass is 32.2. The first-order chi connectivity index (χ1) is 6.84. The molecular formula is C8H16N2O4S. The molecule has 0 aromatic rings. The van der Waals surface area contributed by atoms with Crippen LogP contribution < -0.4 is 0 Å². The van der Waals surface area contributed by atoms with Crippen LogP contribution in [0.25, 0.3) is 0 Å². The van der Waals surface area contributed by atoms with E-state index in [1.807, 2.05) is 0 Å². The smallest absolute Gasteiger partial charge is 0.318 e. The number of carbonyl (C=O) groups is 1. The summed E-state index contributed by atoms with van der Waals surface area (Å²) in [6, 6.07) is 0. The highest BCUT2D eigenvalue weighted by Gasteiger charge is 2.32. The Morgan fingerprint density at radius 2 is 1.93 bits per heavy atom. The number of hydrogen-bond donors (Lipinski definition) is 1. The molecule has 0 amide bonds. The molecular weight excluding hydrogens is 220 g/mol. The monoisotopic (exact) mass is 236 g/mol. The zero-order valence-electron chi connectivity index (χ0n) is 8.88. The van der Waals surface area contributed by atoms with Gasteiger partial charge in [0.25, 0.3) is 10.2 Å². The Morgan fingerprint density at radius 3 is 2.27 bits per heavy atom. The second kappa shape index (κ2) is 4.46. The minimum Gasteiger partial charge on any atom is -0.480 e. The molecule has 0 spiro atoms. The van der Waals surface area contributed by atoms with Crippen LogP contribution in [0.5, 0.6) is 0 Å². The van der Waals surface area contributed by atoms with E-state index in [9.17, 15) is 13.2 Å². The number of nitrogens with zero attached hydrogens (tertiary/aromatic N) is 2. The molecule has 0 radical (unpaired) electrons. The zero-order chi connectivity index (χ0) is 11.6. The first-order valence-electron chi connectivity index (χ1n) is 4.73. The zero-order valence-corrected chi connectivity index (χ0v) is 9.70. The highest BCUT2D eigenvalue weighted by molar-refractivity contribution is 7.86. The van der Waals surface area contributed by atoms with Gasteiger partial charge in [-0.25, -0.2) is 0 Å². The van der Waals surface area contributed by atoms with Crippen molar-refractivity contribution in [2.24, 2.45) is 5.92 Å². The first kappa shape index (κ1) is 12.4. The van der Waals surface area contributed by atoms with Gasteiger partial charge in [0, 0.05) is 20.6 Å². The second-order valence-corrected chi connectivity index (χ2v) is 6.06. The third-order valence-corrected chi connectivity index (χ3v) is 4.11. The average molecular weight is 236 g/mol. The van der Waals surface area contributed by atoms with Crippen LogP contribution in [0.4, 0.5) is 0 Å². The molecule has 6 nitrogen and oxygen atoms in total. The molecule has 7 heteroatoms. The van der Waals surface area contributed by atoms with E-state index in [1.54, 1.807) is 0 Å². The van der Waals surface area contributed by atoms with Gasteiger partial charge in [-0.3, -0.25) is 4.79 Å². The largest absolute Gasteiger partial charge is 0.480 e. The summed E-state index contributed by atoms with van der Waals surface area (Å²) in [5.74, 6) is -0.792. The summed E-state index contributed by atoms with van der Waals surface area (Å²) in [6.45, 7) is -0.149. The Labute approximate surface area is 89.7 Å². The summed E-state index contributed by atoms with van der Waals surface area (Å²) >= 11 is 0. The Hall–Kier alpha value is -0.660. The molecule has 1 saturated carbocycles. The van der Waals surface area contributed by atoms with Crippen molar-refractivity contribution in [3.05, 3.63) is 0 Å². The maximum absolute atomic E-state index is 11.7. The molecule has 1 aliphatic carbocycles. The van der Waals surface area contributed by atoms with Gasteiger partial charge in [0.15, 0.2) is 0 Å². The molecule has 0 atom stereocenters. The van der Waals surface area contributed by atoms with E-state index in [4.69, 9.17) is 5.11 Å². The quantitative estimate of drug-likeness (QED) is 0.680. The van der Waals surface area contributed by atoms with Gasteiger partial charge < -0.3 is 5.11 Å². The van der Waals surface area contributed by atoms with Crippen LogP contribution in [-0.2, 0) is 15.0 Å². The summed E-state index contributed by atoms with van der Waals surface area (Å²) in [6.07, 6.45) is 1.97. The molecule has 0 heterocycles. The fourth-order valence-electron chi connectivity index (χ4n) is 1.21. The molecule has 1 aliphatic rings. The van der Waals surface area contributed by atoms with Gasteiger partial charge in [-0.05, 0) is 18.8 Å². The number of carboxylic acids is 1. The molecule has 88 valence electrons. The van der Waals surface area contributed by atoms with Crippen LogP contribution in [-0.4, -0.2) is 55.3 Å². The van der Waals surface area contributed by atoms with Gasteiger partial charge in [-0.2, -0.15) is 17.0 Å². The molecule has 0 bridgehead atoms. The van der Waals surface area contributed by atoms with Crippen molar-refractivity contribution >= 4 is 16.2 Å². The molecule has 0 aliphatic heterocycles. The fourth-order valence-corrected chi connectivity index (χ4v) is 2.35. The van der Waals surface area contributed by atoms with Gasteiger partial charge in [0.1, 0.15) is 6.54 Å². The van der Waals surface area contributed by atoms with Crippen LogP contribution in [0.3, 0.4) is 0 Å². The standard InChI is InChI=1S/C8H16N2O4S/c1-9(2)15(13,14)10(6-8(11)12)5-7-3-4-7/h7H,3-6H2,1-2H3,(H,11,12). The minimum absolute atomic E-state index is 0.312. The van der Waals surface area contributed by atoms with Crippen LogP contribution in [0.2, 0.25) is 0 Å². The van der Waals surface area contributed by atoms with Crippen LogP contribution in [0, 0.1) is 5.92 Å². The number of rotatable bonds is 6. The van der Waals surface area contributed by atoms with Gasteiger partial charge in [-0.15, -0.1) is 0 Å². The van der Waals surface area contributed by atoms with E-state index in [-0.39, 0.29) is 0 Å². The summed E-state index contributed by atoms with van der Waals surface area (Å²) in [5, 5.41) is 8.64. The third kappa shape index (κ3) is 3.44. The summed E-state index contributed by atoms with van der Waals surface area (Å²) in [7, 11) is -0.804. The summed E-state index contributed by atoms with van der Waals surface area (Å²) in [4.78, 5) is 10.6. The predicted octanol–water partition coefficient (Wildman–Crippen LogP) is -0.411. The van der Waals surface area contributed by atoms with Gasteiger partial charge in [0.2, 0.25) is 0 Å².